The molecule has 7 nitrogen and oxygen atoms in total. The number of carbonyl (C=O) groups is 2. The van der Waals surface area contributed by atoms with E-state index < -0.39 is 15.9 Å². The number of hydrogen-bond acceptors (Lipinski definition) is 4. The number of carbonyl (C=O) groups excluding carboxylic acids is 2. The Morgan fingerprint density at radius 3 is 2.41 bits per heavy atom. The predicted octanol–water partition coefficient (Wildman–Crippen LogP) is 1.94. The number of anilines is 2. The van der Waals surface area contributed by atoms with Crippen LogP contribution in [0.1, 0.15) is 17.5 Å². The first-order chi connectivity index (χ1) is 12.6. The molecule has 2 amide bonds. The van der Waals surface area contributed by atoms with Crippen LogP contribution < -0.4 is 15.4 Å². The zero-order valence-electron chi connectivity index (χ0n) is 15.1. The minimum absolute atomic E-state index is 0.0300. The number of nitrogens with one attached hydrogen (secondary N) is 1. The van der Waals surface area contributed by atoms with Crippen molar-refractivity contribution in [1.29, 1.82) is 0 Å². The molecular weight excluding hydrogens is 366 g/mol. The van der Waals surface area contributed by atoms with Crippen LogP contribution in [0.15, 0.2) is 47.4 Å². The molecule has 1 fully saturated rings. The van der Waals surface area contributed by atoms with Gasteiger partial charge in [0.05, 0.1) is 10.8 Å². The lowest BCUT2D eigenvalue weighted by Gasteiger charge is -2.19. The second-order valence-electron chi connectivity index (χ2n) is 6.75. The Hall–Kier alpha value is -2.71. The maximum Gasteiger partial charge on any atom is 0.238 e. The molecular formula is C19H21N3O4S. The van der Waals surface area contributed by atoms with Crippen LogP contribution in [-0.2, 0) is 19.6 Å². The third kappa shape index (κ3) is 4.17. The SMILES string of the molecule is Cc1ccc(N2CC(C(=O)Nc3ccc(S(N)(=O)=O)cc3)CC2=O)c(C)c1. The Morgan fingerprint density at radius 1 is 1.15 bits per heavy atom. The van der Waals surface area contributed by atoms with Gasteiger partial charge < -0.3 is 10.2 Å². The summed E-state index contributed by atoms with van der Waals surface area (Å²) in [6, 6.07) is 11.4. The van der Waals surface area contributed by atoms with Gasteiger partial charge in [0, 0.05) is 24.3 Å². The summed E-state index contributed by atoms with van der Waals surface area (Å²) in [4.78, 5) is 26.5. The standard InChI is InChI=1S/C19H21N3O4S/c1-12-3-8-17(13(2)9-12)22-11-14(10-18(22)23)19(24)21-15-4-6-16(7-5-15)27(20,25)26/h3-9,14H,10-11H2,1-2H3,(H,21,24)(H2,20,25,26). The summed E-state index contributed by atoms with van der Waals surface area (Å²) < 4.78 is 22.6. The van der Waals surface area contributed by atoms with E-state index in [2.05, 4.69) is 5.32 Å². The lowest BCUT2D eigenvalue weighted by atomic mass is 10.1. The molecule has 142 valence electrons. The summed E-state index contributed by atoms with van der Waals surface area (Å²) in [7, 11) is -3.78. The minimum atomic E-state index is -3.78. The van der Waals surface area contributed by atoms with E-state index in [0.29, 0.717) is 12.2 Å². The van der Waals surface area contributed by atoms with Gasteiger partial charge in [0.25, 0.3) is 0 Å². The van der Waals surface area contributed by atoms with Crippen molar-refractivity contribution in [3.05, 3.63) is 53.6 Å². The van der Waals surface area contributed by atoms with Crippen LogP contribution in [-0.4, -0.2) is 26.8 Å². The number of primary sulfonamides is 1. The predicted molar refractivity (Wildman–Crippen MR) is 103 cm³/mol. The van der Waals surface area contributed by atoms with Crippen molar-refractivity contribution in [2.75, 3.05) is 16.8 Å². The summed E-state index contributed by atoms with van der Waals surface area (Å²) in [6.07, 6.45) is 0.133. The molecule has 0 radical (unpaired) electrons. The number of rotatable bonds is 4. The van der Waals surface area contributed by atoms with E-state index in [1.54, 1.807) is 4.90 Å². The van der Waals surface area contributed by atoms with Gasteiger partial charge in [-0.05, 0) is 49.7 Å². The van der Waals surface area contributed by atoms with Crippen molar-refractivity contribution < 1.29 is 18.0 Å². The van der Waals surface area contributed by atoms with Gasteiger partial charge in [-0.3, -0.25) is 9.59 Å². The largest absolute Gasteiger partial charge is 0.326 e. The van der Waals surface area contributed by atoms with Crippen molar-refractivity contribution in [2.24, 2.45) is 11.1 Å². The lowest BCUT2D eigenvalue weighted by molar-refractivity contribution is -0.122. The van der Waals surface area contributed by atoms with Crippen LogP contribution in [0.25, 0.3) is 0 Å². The Balaban J connectivity index is 1.70. The molecule has 1 saturated heterocycles. The quantitative estimate of drug-likeness (QED) is 0.835. The molecule has 0 spiro atoms. The number of nitrogens with zero attached hydrogens (tertiary/aromatic N) is 1. The van der Waals surface area contributed by atoms with Crippen molar-refractivity contribution in [1.82, 2.24) is 0 Å². The fraction of sp³-hybridized carbons (Fsp3) is 0.263. The van der Waals surface area contributed by atoms with Gasteiger partial charge in [0.15, 0.2) is 0 Å². The maximum atomic E-state index is 12.5. The minimum Gasteiger partial charge on any atom is -0.326 e. The van der Waals surface area contributed by atoms with Crippen molar-refractivity contribution in [3.8, 4) is 0 Å². The fourth-order valence-electron chi connectivity index (χ4n) is 3.20. The van der Waals surface area contributed by atoms with Crippen LogP contribution >= 0.6 is 0 Å². The highest BCUT2D eigenvalue weighted by atomic mass is 32.2. The van der Waals surface area contributed by atoms with Crippen LogP contribution in [0.4, 0.5) is 11.4 Å². The van der Waals surface area contributed by atoms with Gasteiger partial charge in [0.2, 0.25) is 21.8 Å². The summed E-state index contributed by atoms with van der Waals surface area (Å²) >= 11 is 0. The monoisotopic (exact) mass is 387 g/mol. The third-order valence-corrected chi connectivity index (χ3v) is 5.52. The lowest BCUT2D eigenvalue weighted by Crippen LogP contribution is -2.28. The molecule has 0 aromatic heterocycles. The van der Waals surface area contributed by atoms with Gasteiger partial charge in [0.1, 0.15) is 0 Å². The zero-order valence-corrected chi connectivity index (χ0v) is 15.9. The van der Waals surface area contributed by atoms with Crippen LogP contribution in [0.2, 0.25) is 0 Å². The smallest absolute Gasteiger partial charge is 0.238 e. The van der Waals surface area contributed by atoms with E-state index in [4.69, 9.17) is 5.14 Å². The first kappa shape index (κ1) is 19.1. The number of nitrogens with two attached hydrogens (primary N) is 1. The molecule has 3 rings (SSSR count). The van der Waals surface area contributed by atoms with E-state index in [9.17, 15) is 18.0 Å². The Bertz CT molecular complexity index is 1000. The molecule has 27 heavy (non-hydrogen) atoms. The van der Waals surface area contributed by atoms with Gasteiger partial charge in [-0.2, -0.15) is 0 Å². The molecule has 2 aromatic rings. The average Bonchev–Trinajstić information content (AvgIpc) is 2.96. The highest BCUT2D eigenvalue weighted by molar-refractivity contribution is 7.89. The number of benzene rings is 2. The second-order valence-corrected chi connectivity index (χ2v) is 8.32. The Kier molecular flexibility index (Phi) is 5.03. The zero-order chi connectivity index (χ0) is 19.8. The molecule has 1 aliphatic rings. The molecule has 0 aliphatic carbocycles. The summed E-state index contributed by atoms with van der Waals surface area (Å²) in [6.45, 7) is 4.24. The summed E-state index contributed by atoms with van der Waals surface area (Å²) in [5, 5.41) is 7.78. The molecule has 1 heterocycles. The first-order valence-corrected chi connectivity index (χ1v) is 10.0. The van der Waals surface area contributed by atoms with Gasteiger partial charge in [-0.1, -0.05) is 17.7 Å². The van der Waals surface area contributed by atoms with Crippen molar-refractivity contribution in [2.45, 2.75) is 25.2 Å². The Labute approximate surface area is 158 Å². The number of amides is 2. The summed E-state index contributed by atoms with van der Waals surface area (Å²) in [5.74, 6) is -0.846. The van der Waals surface area contributed by atoms with Gasteiger partial charge in [-0.25, -0.2) is 13.6 Å². The van der Waals surface area contributed by atoms with Gasteiger partial charge in [-0.15, -0.1) is 0 Å². The number of aryl methyl sites for hydroxylation is 2. The van der Waals surface area contributed by atoms with E-state index >= 15 is 0 Å². The molecule has 2 aromatic carbocycles. The van der Waals surface area contributed by atoms with Crippen LogP contribution in [0.5, 0.6) is 0 Å². The molecule has 3 N–H and O–H groups in total. The molecule has 0 saturated carbocycles. The first-order valence-electron chi connectivity index (χ1n) is 8.46. The van der Waals surface area contributed by atoms with E-state index in [1.165, 1.54) is 24.3 Å². The fourth-order valence-corrected chi connectivity index (χ4v) is 3.71. The molecule has 1 atom stereocenters. The summed E-state index contributed by atoms with van der Waals surface area (Å²) in [5.41, 5.74) is 3.37. The molecule has 1 aliphatic heterocycles. The maximum absolute atomic E-state index is 12.5. The third-order valence-electron chi connectivity index (χ3n) is 4.59. The number of sulfonamides is 1. The van der Waals surface area contributed by atoms with E-state index in [1.807, 2.05) is 32.0 Å². The van der Waals surface area contributed by atoms with Crippen molar-refractivity contribution in [3.63, 3.8) is 0 Å². The molecule has 8 heteroatoms. The average molecular weight is 387 g/mol. The molecule has 0 bridgehead atoms. The van der Waals surface area contributed by atoms with E-state index in [-0.39, 0.29) is 23.1 Å². The highest BCUT2D eigenvalue weighted by Crippen LogP contribution is 2.29. The highest BCUT2D eigenvalue weighted by Gasteiger charge is 2.35. The number of hydrogen-bond donors (Lipinski definition) is 2. The van der Waals surface area contributed by atoms with Crippen LogP contribution in [0.3, 0.4) is 0 Å². The topological polar surface area (TPSA) is 110 Å². The van der Waals surface area contributed by atoms with Crippen LogP contribution in [0, 0.1) is 19.8 Å². The van der Waals surface area contributed by atoms with Gasteiger partial charge >= 0.3 is 0 Å². The normalized spacial score (nSPS) is 17.2. The molecule has 1 unspecified atom stereocenters. The second kappa shape index (κ2) is 7.13. The van der Waals surface area contributed by atoms with E-state index in [0.717, 1.165) is 16.8 Å². The Morgan fingerprint density at radius 2 is 1.81 bits per heavy atom. The van der Waals surface area contributed by atoms with Crippen molar-refractivity contribution >= 4 is 33.2 Å².